The standard InChI is InChI=1S/C17H32N2O/c1-3-5-6-7-8-9-10-11-12-13-17(20)19(15-4-2)16-14-18/h3-13,15-16H2,1-2H3. The summed E-state index contributed by atoms with van der Waals surface area (Å²) in [4.78, 5) is 13.6. The van der Waals surface area contributed by atoms with Crippen molar-refractivity contribution in [1.82, 2.24) is 4.90 Å². The van der Waals surface area contributed by atoms with Crippen LogP contribution >= 0.6 is 0 Å². The van der Waals surface area contributed by atoms with Crippen molar-refractivity contribution >= 4 is 5.91 Å². The highest BCUT2D eigenvalue weighted by molar-refractivity contribution is 5.76. The Morgan fingerprint density at radius 2 is 1.45 bits per heavy atom. The summed E-state index contributed by atoms with van der Waals surface area (Å²) in [6.07, 6.45) is 12.9. The van der Waals surface area contributed by atoms with Gasteiger partial charge in [0.05, 0.1) is 6.07 Å². The van der Waals surface area contributed by atoms with Gasteiger partial charge in [0.2, 0.25) is 5.91 Å². The molecule has 0 unspecified atom stereocenters. The number of carbonyl (C=O) groups is 1. The second-order valence-electron chi connectivity index (χ2n) is 5.55. The summed E-state index contributed by atoms with van der Waals surface area (Å²) < 4.78 is 0. The normalized spacial score (nSPS) is 10.2. The Bertz CT molecular complexity index is 271. The molecule has 0 bridgehead atoms. The third kappa shape index (κ3) is 10.8. The van der Waals surface area contributed by atoms with Gasteiger partial charge in [-0.1, -0.05) is 65.2 Å². The summed E-state index contributed by atoms with van der Waals surface area (Å²) in [5, 5.41) is 8.70. The number of unbranched alkanes of at least 4 members (excludes halogenated alkanes) is 8. The summed E-state index contributed by atoms with van der Waals surface area (Å²) in [7, 11) is 0. The molecule has 0 rings (SSSR count). The minimum atomic E-state index is 0.149. The lowest BCUT2D eigenvalue weighted by molar-refractivity contribution is -0.130. The zero-order valence-corrected chi connectivity index (χ0v) is 13.5. The van der Waals surface area contributed by atoms with Crippen molar-refractivity contribution < 1.29 is 4.79 Å². The van der Waals surface area contributed by atoms with Gasteiger partial charge in [0.15, 0.2) is 0 Å². The summed E-state index contributed by atoms with van der Waals surface area (Å²) in [5.41, 5.74) is 0. The van der Waals surface area contributed by atoms with Crippen LogP contribution in [0.25, 0.3) is 0 Å². The van der Waals surface area contributed by atoms with E-state index < -0.39 is 0 Å². The van der Waals surface area contributed by atoms with Crippen LogP contribution in [-0.2, 0) is 4.79 Å². The van der Waals surface area contributed by atoms with Crippen LogP contribution in [0.5, 0.6) is 0 Å². The minimum absolute atomic E-state index is 0.149. The molecule has 0 N–H and O–H groups in total. The maximum Gasteiger partial charge on any atom is 0.223 e. The van der Waals surface area contributed by atoms with Gasteiger partial charge in [-0.15, -0.1) is 0 Å². The Labute approximate surface area is 125 Å². The molecule has 0 aromatic carbocycles. The lowest BCUT2D eigenvalue weighted by Gasteiger charge is -2.18. The summed E-state index contributed by atoms with van der Waals surface area (Å²) in [6, 6.07) is 2.07. The molecule has 0 fully saturated rings. The van der Waals surface area contributed by atoms with Crippen LogP contribution in [0.2, 0.25) is 0 Å². The number of carbonyl (C=O) groups excluding carboxylic acids is 1. The fourth-order valence-electron chi connectivity index (χ4n) is 2.39. The first kappa shape index (κ1) is 19.0. The molecule has 0 saturated heterocycles. The average molecular weight is 280 g/mol. The summed E-state index contributed by atoms with van der Waals surface area (Å²) >= 11 is 0. The van der Waals surface area contributed by atoms with Gasteiger partial charge in [0.1, 0.15) is 6.54 Å². The number of amides is 1. The highest BCUT2D eigenvalue weighted by Gasteiger charge is 2.11. The van der Waals surface area contributed by atoms with Crippen molar-refractivity contribution in [2.24, 2.45) is 0 Å². The molecule has 0 aliphatic carbocycles. The van der Waals surface area contributed by atoms with E-state index in [2.05, 4.69) is 13.0 Å². The molecule has 0 aliphatic heterocycles. The van der Waals surface area contributed by atoms with Gasteiger partial charge < -0.3 is 4.90 Å². The van der Waals surface area contributed by atoms with E-state index in [1.807, 2.05) is 6.92 Å². The lowest BCUT2D eigenvalue weighted by Crippen LogP contribution is -2.31. The summed E-state index contributed by atoms with van der Waals surface area (Å²) in [5.74, 6) is 0.149. The van der Waals surface area contributed by atoms with Crippen LogP contribution in [0.1, 0.15) is 84.5 Å². The maximum atomic E-state index is 11.9. The second-order valence-corrected chi connectivity index (χ2v) is 5.55. The van der Waals surface area contributed by atoms with Crippen molar-refractivity contribution in [1.29, 1.82) is 5.26 Å². The van der Waals surface area contributed by atoms with Gasteiger partial charge in [-0.2, -0.15) is 5.26 Å². The van der Waals surface area contributed by atoms with E-state index in [1.54, 1.807) is 4.90 Å². The quantitative estimate of drug-likeness (QED) is 0.363. The first-order valence-corrected chi connectivity index (χ1v) is 8.41. The molecular formula is C17H32N2O. The molecular weight excluding hydrogens is 248 g/mol. The zero-order chi connectivity index (χ0) is 15.1. The fraction of sp³-hybridized carbons (Fsp3) is 0.882. The van der Waals surface area contributed by atoms with Crippen LogP contribution in [-0.4, -0.2) is 23.9 Å². The Morgan fingerprint density at radius 1 is 0.900 bits per heavy atom. The van der Waals surface area contributed by atoms with E-state index in [0.717, 1.165) is 19.3 Å². The smallest absolute Gasteiger partial charge is 0.223 e. The van der Waals surface area contributed by atoms with E-state index in [9.17, 15) is 4.79 Å². The number of nitrogens with zero attached hydrogens (tertiary/aromatic N) is 2. The second kappa shape index (κ2) is 14.4. The van der Waals surface area contributed by atoms with Gasteiger partial charge in [-0.25, -0.2) is 0 Å². The molecule has 3 heteroatoms. The lowest BCUT2D eigenvalue weighted by atomic mass is 10.1. The van der Waals surface area contributed by atoms with Crippen LogP contribution in [0.15, 0.2) is 0 Å². The third-order valence-corrected chi connectivity index (χ3v) is 3.60. The Hall–Kier alpha value is -1.04. The van der Waals surface area contributed by atoms with E-state index in [-0.39, 0.29) is 12.5 Å². The van der Waals surface area contributed by atoms with Gasteiger partial charge in [0, 0.05) is 13.0 Å². The predicted molar refractivity (Wildman–Crippen MR) is 84.3 cm³/mol. The van der Waals surface area contributed by atoms with Crippen LogP contribution in [0, 0.1) is 11.3 Å². The maximum absolute atomic E-state index is 11.9. The van der Waals surface area contributed by atoms with Gasteiger partial charge in [0.25, 0.3) is 0 Å². The highest BCUT2D eigenvalue weighted by atomic mass is 16.2. The number of hydrogen-bond acceptors (Lipinski definition) is 2. The molecule has 0 radical (unpaired) electrons. The molecule has 3 nitrogen and oxygen atoms in total. The molecule has 0 spiro atoms. The van der Waals surface area contributed by atoms with Gasteiger partial charge in [-0.05, 0) is 12.8 Å². The molecule has 116 valence electrons. The van der Waals surface area contributed by atoms with Crippen molar-refractivity contribution in [3.05, 3.63) is 0 Å². The SMILES string of the molecule is CCCCCCCCCCCC(=O)N(CC#N)CCC. The monoisotopic (exact) mass is 280 g/mol. The Morgan fingerprint density at radius 3 is 1.95 bits per heavy atom. The number of nitriles is 1. The molecule has 0 saturated carbocycles. The molecule has 0 heterocycles. The molecule has 0 atom stereocenters. The van der Waals surface area contributed by atoms with Crippen LogP contribution in [0.3, 0.4) is 0 Å². The Kier molecular flexibility index (Phi) is 13.6. The van der Waals surface area contributed by atoms with E-state index in [1.165, 1.54) is 44.9 Å². The topological polar surface area (TPSA) is 44.1 Å². The van der Waals surface area contributed by atoms with Gasteiger partial charge >= 0.3 is 0 Å². The van der Waals surface area contributed by atoms with Crippen molar-refractivity contribution in [2.45, 2.75) is 84.5 Å². The minimum Gasteiger partial charge on any atom is -0.329 e. The molecule has 20 heavy (non-hydrogen) atoms. The predicted octanol–water partition coefficient (Wildman–Crippen LogP) is 4.67. The first-order valence-electron chi connectivity index (χ1n) is 8.41. The van der Waals surface area contributed by atoms with Crippen molar-refractivity contribution in [2.75, 3.05) is 13.1 Å². The van der Waals surface area contributed by atoms with Crippen LogP contribution < -0.4 is 0 Å². The Balaban J connectivity index is 3.48. The van der Waals surface area contributed by atoms with E-state index in [4.69, 9.17) is 5.26 Å². The van der Waals surface area contributed by atoms with Crippen LogP contribution in [0.4, 0.5) is 0 Å². The van der Waals surface area contributed by atoms with Gasteiger partial charge in [-0.3, -0.25) is 4.79 Å². The number of rotatable bonds is 13. The molecule has 0 aromatic rings. The average Bonchev–Trinajstić information content (AvgIpc) is 2.45. The van der Waals surface area contributed by atoms with Crippen molar-refractivity contribution in [3.63, 3.8) is 0 Å². The third-order valence-electron chi connectivity index (χ3n) is 3.60. The van der Waals surface area contributed by atoms with E-state index >= 15 is 0 Å². The fourth-order valence-corrected chi connectivity index (χ4v) is 2.39. The number of hydrogen-bond donors (Lipinski definition) is 0. The highest BCUT2D eigenvalue weighted by Crippen LogP contribution is 2.11. The summed E-state index contributed by atoms with van der Waals surface area (Å²) in [6.45, 7) is 5.23. The zero-order valence-electron chi connectivity index (χ0n) is 13.5. The molecule has 0 aliphatic rings. The molecule has 0 aromatic heterocycles. The largest absolute Gasteiger partial charge is 0.329 e. The van der Waals surface area contributed by atoms with Crippen molar-refractivity contribution in [3.8, 4) is 6.07 Å². The first-order chi connectivity index (χ1) is 9.76. The van der Waals surface area contributed by atoms with E-state index in [0.29, 0.717) is 13.0 Å². The molecule has 1 amide bonds.